The van der Waals surface area contributed by atoms with Crippen molar-refractivity contribution in [2.75, 3.05) is 0 Å². The Bertz CT molecular complexity index is 1150. The van der Waals surface area contributed by atoms with Gasteiger partial charge in [0.15, 0.2) is 11.9 Å². The maximum absolute atomic E-state index is 7.27. The fourth-order valence-electron chi connectivity index (χ4n) is 3.42. The summed E-state index contributed by atoms with van der Waals surface area (Å²) in [5.74, 6) is 0. The molecule has 0 atom stereocenters. The molecule has 4 aromatic rings. The molecule has 0 spiro atoms. The maximum atomic E-state index is 7.27. The summed E-state index contributed by atoms with van der Waals surface area (Å²) in [7, 11) is 2.04. The van der Waals surface area contributed by atoms with Gasteiger partial charge in [0.25, 0.3) is 0 Å². The van der Waals surface area contributed by atoms with E-state index in [9.17, 15) is 0 Å². The van der Waals surface area contributed by atoms with Gasteiger partial charge in [-0.3, -0.25) is 0 Å². The van der Waals surface area contributed by atoms with Crippen LogP contribution in [0.4, 0.5) is 5.69 Å². The van der Waals surface area contributed by atoms with Gasteiger partial charge in [-0.2, -0.15) is 0 Å². The van der Waals surface area contributed by atoms with Crippen molar-refractivity contribution in [1.29, 1.82) is 0 Å². The van der Waals surface area contributed by atoms with Crippen LogP contribution in [0.2, 0.25) is 0 Å². The minimum Gasteiger partial charge on any atom is -0.456 e. The van der Waals surface area contributed by atoms with Crippen molar-refractivity contribution in [2.24, 2.45) is 7.05 Å². The number of pyridine rings is 1. The van der Waals surface area contributed by atoms with Crippen molar-refractivity contribution in [3.63, 3.8) is 0 Å². The quantitative estimate of drug-likeness (QED) is 0.347. The average Bonchev–Trinajstić information content (AvgIpc) is 2.94. The second-order valence-corrected chi connectivity index (χ2v) is 6.18. The van der Waals surface area contributed by atoms with Crippen molar-refractivity contribution >= 4 is 27.6 Å². The van der Waals surface area contributed by atoms with E-state index in [0.717, 1.165) is 38.8 Å². The lowest BCUT2D eigenvalue weighted by Gasteiger charge is -2.05. The third kappa shape index (κ3) is 2.00. The summed E-state index contributed by atoms with van der Waals surface area (Å²) in [6.45, 7) is 11.4. The fraction of sp³-hybridized carbons (Fsp3) is 0.143. The molecule has 0 radical (unpaired) electrons. The van der Waals surface area contributed by atoms with Gasteiger partial charge in [0.2, 0.25) is 5.69 Å². The van der Waals surface area contributed by atoms with Gasteiger partial charge >= 0.3 is 0 Å². The lowest BCUT2D eigenvalue weighted by molar-refractivity contribution is -0.660. The number of aromatic nitrogens is 1. The zero-order chi connectivity index (χ0) is 16.8. The van der Waals surface area contributed by atoms with Crippen LogP contribution in [-0.2, 0) is 7.05 Å². The molecular formula is C21H17N2O+. The van der Waals surface area contributed by atoms with Crippen molar-refractivity contribution in [3.8, 4) is 11.3 Å². The molecule has 4 rings (SSSR count). The molecule has 0 amide bonds. The molecule has 2 heterocycles. The van der Waals surface area contributed by atoms with E-state index in [1.165, 1.54) is 5.56 Å². The number of rotatable bonds is 1. The number of hydrogen-bond donors (Lipinski definition) is 0. The van der Waals surface area contributed by atoms with Crippen LogP contribution < -0.4 is 4.57 Å². The third-order valence-corrected chi connectivity index (χ3v) is 4.57. The first-order valence-electron chi connectivity index (χ1n) is 7.89. The molecule has 2 aromatic heterocycles. The van der Waals surface area contributed by atoms with Crippen LogP contribution >= 0.6 is 0 Å². The monoisotopic (exact) mass is 313 g/mol. The number of furan rings is 1. The highest BCUT2D eigenvalue weighted by Gasteiger charge is 2.20. The summed E-state index contributed by atoms with van der Waals surface area (Å²) >= 11 is 0. The number of fused-ring (bicyclic) bond motifs is 3. The minimum absolute atomic E-state index is 0.614. The highest BCUT2D eigenvalue weighted by Crippen LogP contribution is 2.39. The van der Waals surface area contributed by atoms with E-state index >= 15 is 0 Å². The second kappa shape index (κ2) is 5.21. The molecule has 0 unspecified atom stereocenters. The Labute approximate surface area is 140 Å². The van der Waals surface area contributed by atoms with Crippen molar-refractivity contribution in [3.05, 3.63) is 71.2 Å². The topological polar surface area (TPSA) is 21.4 Å². The van der Waals surface area contributed by atoms with Gasteiger partial charge in [-0.15, -0.1) is 0 Å². The van der Waals surface area contributed by atoms with Gasteiger partial charge in [0, 0.05) is 22.9 Å². The lowest BCUT2D eigenvalue weighted by Crippen LogP contribution is -2.30. The molecule has 0 aliphatic heterocycles. The second-order valence-electron chi connectivity index (χ2n) is 6.18. The molecule has 0 bridgehead atoms. The van der Waals surface area contributed by atoms with E-state index in [4.69, 9.17) is 11.0 Å². The maximum Gasteiger partial charge on any atom is 0.216 e. The van der Waals surface area contributed by atoms with Crippen LogP contribution in [0, 0.1) is 20.4 Å². The predicted octanol–water partition coefficient (Wildman–Crippen LogP) is 5.25. The number of benzene rings is 2. The van der Waals surface area contributed by atoms with Crippen LogP contribution in [0.25, 0.3) is 38.0 Å². The third-order valence-electron chi connectivity index (χ3n) is 4.57. The molecule has 3 nitrogen and oxygen atoms in total. The molecule has 0 fully saturated rings. The molecule has 24 heavy (non-hydrogen) atoms. The first-order chi connectivity index (χ1) is 11.6. The van der Waals surface area contributed by atoms with E-state index in [1.54, 1.807) is 0 Å². The van der Waals surface area contributed by atoms with Crippen LogP contribution in [0.15, 0.2) is 53.1 Å². The molecular weight excluding hydrogens is 296 g/mol. The van der Waals surface area contributed by atoms with Gasteiger partial charge < -0.3 is 4.42 Å². The summed E-state index contributed by atoms with van der Waals surface area (Å²) in [5, 5.41) is 2.20. The first-order valence-corrected chi connectivity index (χ1v) is 7.89. The highest BCUT2D eigenvalue weighted by molar-refractivity contribution is 6.11. The molecule has 116 valence electrons. The molecule has 0 saturated carbocycles. The van der Waals surface area contributed by atoms with E-state index in [1.807, 2.05) is 44.4 Å². The van der Waals surface area contributed by atoms with Crippen molar-refractivity contribution in [1.82, 2.24) is 0 Å². The van der Waals surface area contributed by atoms with Gasteiger partial charge in [-0.05, 0) is 37.1 Å². The summed E-state index contributed by atoms with van der Waals surface area (Å²) in [6, 6.07) is 14.2. The van der Waals surface area contributed by atoms with Crippen molar-refractivity contribution < 1.29 is 8.98 Å². The largest absolute Gasteiger partial charge is 0.456 e. The predicted molar refractivity (Wildman–Crippen MR) is 96.1 cm³/mol. The summed E-state index contributed by atoms with van der Waals surface area (Å²) < 4.78 is 8.34. The van der Waals surface area contributed by atoms with Gasteiger partial charge in [-0.25, -0.2) is 9.41 Å². The van der Waals surface area contributed by atoms with E-state index in [-0.39, 0.29) is 0 Å². The molecule has 0 aliphatic carbocycles. The Kier molecular flexibility index (Phi) is 3.14. The standard InChI is InChI=1S/C21H17N2O/c1-13-8-9-16-19-14(2)11-15(22-3)12-18(19)24-21(16)20(13)17-7-5-6-10-23(17)4/h5-12H,1-2,4H3/q+1. The molecule has 0 N–H and O–H groups in total. The zero-order valence-corrected chi connectivity index (χ0v) is 13.9. The summed E-state index contributed by atoms with van der Waals surface area (Å²) in [6.07, 6.45) is 2.04. The summed E-state index contributed by atoms with van der Waals surface area (Å²) in [4.78, 5) is 3.55. The molecule has 2 aromatic carbocycles. The Hall–Kier alpha value is -3.12. The molecule has 3 heteroatoms. The van der Waals surface area contributed by atoms with Gasteiger partial charge in [-0.1, -0.05) is 18.2 Å². The van der Waals surface area contributed by atoms with Crippen LogP contribution in [-0.4, -0.2) is 0 Å². The summed E-state index contributed by atoms with van der Waals surface area (Å²) in [5.41, 5.74) is 6.75. The Morgan fingerprint density at radius 2 is 1.88 bits per heavy atom. The van der Waals surface area contributed by atoms with E-state index in [0.29, 0.717) is 5.69 Å². The fourth-order valence-corrected chi connectivity index (χ4v) is 3.42. The lowest BCUT2D eigenvalue weighted by atomic mass is 9.99. The van der Waals surface area contributed by atoms with E-state index in [2.05, 4.69) is 34.5 Å². The van der Waals surface area contributed by atoms with Crippen LogP contribution in [0.1, 0.15) is 11.1 Å². The van der Waals surface area contributed by atoms with Crippen LogP contribution in [0.5, 0.6) is 0 Å². The minimum atomic E-state index is 0.614. The molecule has 0 saturated heterocycles. The SMILES string of the molecule is [C-]#[N+]c1cc(C)c2c(c1)oc1c(-c3cccc[n+]3C)c(C)ccc12. The number of nitrogens with zero attached hydrogens (tertiary/aromatic N) is 2. The Morgan fingerprint density at radius 1 is 1.04 bits per heavy atom. The Morgan fingerprint density at radius 3 is 2.62 bits per heavy atom. The normalized spacial score (nSPS) is 11.1. The first kappa shape index (κ1) is 14.5. The van der Waals surface area contributed by atoms with Crippen LogP contribution in [0.3, 0.4) is 0 Å². The zero-order valence-electron chi connectivity index (χ0n) is 13.9. The molecule has 0 aliphatic rings. The van der Waals surface area contributed by atoms with Crippen molar-refractivity contribution in [2.45, 2.75) is 13.8 Å². The average molecular weight is 313 g/mol. The van der Waals surface area contributed by atoms with E-state index < -0.39 is 0 Å². The highest BCUT2D eigenvalue weighted by atomic mass is 16.3. The Balaban J connectivity index is 2.18. The number of hydrogen-bond acceptors (Lipinski definition) is 1. The van der Waals surface area contributed by atoms with Gasteiger partial charge in [0.05, 0.1) is 12.1 Å². The number of aryl methyl sites for hydroxylation is 3. The van der Waals surface area contributed by atoms with Gasteiger partial charge in [0.1, 0.15) is 18.2 Å². The smallest absolute Gasteiger partial charge is 0.216 e.